The number of β-amino-alcohol motifs (C(OH)–C–C–N with tert-alkyl or cyclic N) is 1. The first-order chi connectivity index (χ1) is 14.7. The highest BCUT2D eigenvalue weighted by atomic mass is 16.5. The fraction of sp³-hybridized carbons (Fsp3) is 0.545. The molecule has 1 aromatic carbocycles. The fourth-order valence-electron chi connectivity index (χ4n) is 3.86. The summed E-state index contributed by atoms with van der Waals surface area (Å²) in [6.07, 6.45) is 1.20. The van der Waals surface area contributed by atoms with Gasteiger partial charge in [-0.3, -0.25) is 9.59 Å². The van der Waals surface area contributed by atoms with E-state index in [-0.39, 0.29) is 31.4 Å². The summed E-state index contributed by atoms with van der Waals surface area (Å²) in [4.78, 5) is 27.2. The fourth-order valence-corrected chi connectivity index (χ4v) is 3.86. The molecule has 2 heterocycles. The lowest BCUT2D eigenvalue weighted by Gasteiger charge is -2.34. The molecule has 1 aliphatic rings. The maximum absolute atomic E-state index is 13.5. The summed E-state index contributed by atoms with van der Waals surface area (Å²) in [6, 6.07) is 8.45. The Kier molecular flexibility index (Phi) is 7.07. The lowest BCUT2D eigenvalue weighted by Crippen LogP contribution is -2.49. The van der Waals surface area contributed by atoms with Crippen LogP contribution in [0.15, 0.2) is 36.5 Å². The number of nitrogens with one attached hydrogen (secondary N) is 1. The molecule has 9 nitrogen and oxygen atoms in total. The summed E-state index contributed by atoms with van der Waals surface area (Å²) in [5.74, 6) is -0.551. The third-order valence-corrected chi connectivity index (χ3v) is 5.35. The van der Waals surface area contributed by atoms with Crippen LogP contribution in [0.1, 0.15) is 44.5 Å². The molecule has 1 aliphatic heterocycles. The van der Waals surface area contributed by atoms with Gasteiger partial charge in [0.25, 0.3) is 0 Å². The first-order valence-corrected chi connectivity index (χ1v) is 10.4. The summed E-state index contributed by atoms with van der Waals surface area (Å²) in [5, 5.41) is 21.0. The number of nitrogens with zero attached hydrogens (tertiary/aromatic N) is 4. The molecular formula is C22H31N5O4. The quantitative estimate of drug-likeness (QED) is 0.686. The van der Waals surface area contributed by atoms with E-state index in [0.717, 1.165) is 5.56 Å². The van der Waals surface area contributed by atoms with Crippen LogP contribution in [-0.2, 0) is 27.5 Å². The van der Waals surface area contributed by atoms with E-state index in [9.17, 15) is 14.7 Å². The van der Waals surface area contributed by atoms with Crippen molar-refractivity contribution >= 4 is 11.8 Å². The number of rotatable bonds is 7. The molecule has 2 N–H and O–H groups in total. The predicted octanol–water partition coefficient (Wildman–Crippen LogP) is 1.29. The molecule has 3 atom stereocenters. The number of hydrogen-bond acceptors (Lipinski definition) is 6. The minimum atomic E-state index is -0.732. The van der Waals surface area contributed by atoms with Gasteiger partial charge in [-0.15, -0.1) is 5.10 Å². The van der Waals surface area contributed by atoms with Gasteiger partial charge >= 0.3 is 0 Å². The number of likely N-dealkylation sites (N-methyl/N-ethyl adjacent to an activating group) is 1. The minimum Gasteiger partial charge on any atom is -0.391 e. The lowest BCUT2D eigenvalue weighted by atomic mass is 9.85. The Balaban J connectivity index is 1.74. The van der Waals surface area contributed by atoms with Gasteiger partial charge in [-0.25, -0.2) is 4.68 Å². The van der Waals surface area contributed by atoms with Crippen LogP contribution in [0, 0.1) is 5.41 Å². The van der Waals surface area contributed by atoms with E-state index >= 15 is 0 Å². The highest BCUT2D eigenvalue weighted by molar-refractivity contribution is 5.90. The summed E-state index contributed by atoms with van der Waals surface area (Å²) < 4.78 is 7.26. The number of likely N-dealkylation sites (tertiary alicyclic amines) is 1. The van der Waals surface area contributed by atoms with E-state index in [1.165, 1.54) is 16.6 Å². The zero-order chi connectivity index (χ0) is 22.6. The molecule has 2 amide bonds. The smallest absolute Gasteiger partial charge is 0.248 e. The van der Waals surface area contributed by atoms with Crippen LogP contribution in [0.2, 0.25) is 0 Å². The van der Waals surface area contributed by atoms with Gasteiger partial charge in [-0.05, 0) is 11.0 Å². The molecule has 0 spiro atoms. The first kappa shape index (κ1) is 22.9. The van der Waals surface area contributed by atoms with Gasteiger partial charge in [0.2, 0.25) is 11.8 Å². The second kappa shape index (κ2) is 9.57. The topological polar surface area (TPSA) is 110 Å². The molecule has 2 aromatic rings. The second-order valence-electron chi connectivity index (χ2n) is 8.95. The number of carbonyl (C=O) groups is 2. The van der Waals surface area contributed by atoms with Crippen molar-refractivity contribution < 1.29 is 19.4 Å². The van der Waals surface area contributed by atoms with Crippen LogP contribution >= 0.6 is 0 Å². The van der Waals surface area contributed by atoms with Gasteiger partial charge in [-0.1, -0.05) is 56.3 Å². The Labute approximate surface area is 182 Å². The Morgan fingerprint density at radius 3 is 2.61 bits per heavy atom. The van der Waals surface area contributed by atoms with Crippen LogP contribution < -0.4 is 5.32 Å². The maximum atomic E-state index is 13.5. The molecule has 0 radical (unpaired) electrons. The van der Waals surface area contributed by atoms with Gasteiger partial charge < -0.3 is 20.1 Å². The molecule has 9 heteroatoms. The molecule has 168 valence electrons. The summed E-state index contributed by atoms with van der Waals surface area (Å²) in [5.41, 5.74) is 1.18. The van der Waals surface area contributed by atoms with Crippen molar-refractivity contribution in [2.45, 2.75) is 58.6 Å². The maximum Gasteiger partial charge on any atom is 0.248 e. The zero-order valence-corrected chi connectivity index (χ0v) is 18.5. The van der Waals surface area contributed by atoms with Crippen molar-refractivity contribution in [3.63, 3.8) is 0 Å². The molecular weight excluding hydrogens is 398 g/mol. The van der Waals surface area contributed by atoms with Crippen molar-refractivity contribution in [1.29, 1.82) is 0 Å². The summed E-state index contributed by atoms with van der Waals surface area (Å²) >= 11 is 0. The standard InChI is InChI=1S/C22H31N5O4/c1-22(2,3)19(21(30)26-12-17(28)10-18(26)20(29)23-4)27-11-16(24-25-27)14-31-13-15-8-6-5-7-9-15/h5-9,11,17-19,28H,10,12-14H2,1-4H3,(H,23,29)/t17-,18+,19-/m1/s1. The number of carbonyl (C=O) groups excluding carboxylic acids is 2. The molecule has 1 aromatic heterocycles. The van der Waals surface area contributed by atoms with Gasteiger partial charge in [0.15, 0.2) is 0 Å². The highest BCUT2D eigenvalue weighted by Crippen LogP contribution is 2.34. The molecule has 0 saturated carbocycles. The number of aliphatic hydroxyl groups is 1. The van der Waals surface area contributed by atoms with Crippen molar-refractivity contribution in [2.24, 2.45) is 5.41 Å². The minimum absolute atomic E-state index is 0.116. The van der Waals surface area contributed by atoms with Crippen molar-refractivity contribution in [3.8, 4) is 0 Å². The molecule has 1 fully saturated rings. The third-order valence-electron chi connectivity index (χ3n) is 5.35. The molecule has 0 unspecified atom stereocenters. The normalized spacial score (nSPS) is 20.0. The van der Waals surface area contributed by atoms with Crippen LogP contribution in [0.5, 0.6) is 0 Å². The summed E-state index contributed by atoms with van der Waals surface area (Å²) in [6.45, 7) is 6.64. The molecule has 31 heavy (non-hydrogen) atoms. The van der Waals surface area contributed by atoms with Gasteiger partial charge in [0.05, 0.1) is 25.5 Å². The molecule has 1 saturated heterocycles. The van der Waals surface area contributed by atoms with Crippen LogP contribution in [-0.4, -0.2) is 62.6 Å². The van der Waals surface area contributed by atoms with Gasteiger partial charge in [0, 0.05) is 20.0 Å². The van der Waals surface area contributed by atoms with Crippen molar-refractivity contribution in [3.05, 3.63) is 47.8 Å². The van der Waals surface area contributed by atoms with E-state index in [4.69, 9.17) is 4.74 Å². The molecule has 0 bridgehead atoms. The van der Waals surface area contributed by atoms with Crippen LogP contribution in [0.25, 0.3) is 0 Å². The average molecular weight is 430 g/mol. The van der Waals surface area contributed by atoms with E-state index in [2.05, 4.69) is 15.6 Å². The monoisotopic (exact) mass is 429 g/mol. The zero-order valence-electron chi connectivity index (χ0n) is 18.5. The van der Waals surface area contributed by atoms with E-state index < -0.39 is 23.6 Å². The van der Waals surface area contributed by atoms with Crippen LogP contribution in [0.4, 0.5) is 0 Å². The van der Waals surface area contributed by atoms with Gasteiger partial charge in [-0.2, -0.15) is 0 Å². The largest absolute Gasteiger partial charge is 0.391 e. The molecule has 0 aliphatic carbocycles. The Morgan fingerprint density at radius 2 is 1.97 bits per heavy atom. The number of amides is 2. The second-order valence-corrected chi connectivity index (χ2v) is 8.95. The predicted molar refractivity (Wildman–Crippen MR) is 114 cm³/mol. The first-order valence-electron chi connectivity index (χ1n) is 10.4. The number of ether oxygens (including phenoxy) is 1. The Morgan fingerprint density at radius 1 is 1.26 bits per heavy atom. The van der Waals surface area contributed by atoms with Crippen molar-refractivity contribution in [1.82, 2.24) is 25.2 Å². The lowest BCUT2D eigenvalue weighted by molar-refractivity contribution is -0.144. The summed E-state index contributed by atoms with van der Waals surface area (Å²) in [7, 11) is 1.52. The number of aliphatic hydroxyl groups excluding tert-OH is 1. The van der Waals surface area contributed by atoms with E-state index in [1.54, 1.807) is 6.20 Å². The molecule has 3 rings (SSSR count). The number of benzene rings is 1. The SMILES string of the molecule is CNC(=O)[C@@H]1C[C@@H](O)CN1C(=O)[C@@H](n1cc(COCc2ccccc2)nn1)C(C)(C)C. The highest BCUT2D eigenvalue weighted by Gasteiger charge is 2.44. The Hall–Kier alpha value is -2.78. The van der Waals surface area contributed by atoms with Crippen LogP contribution in [0.3, 0.4) is 0 Å². The van der Waals surface area contributed by atoms with E-state index in [0.29, 0.717) is 12.3 Å². The third kappa shape index (κ3) is 5.48. The number of aromatic nitrogens is 3. The van der Waals surface area contributed by atoms with Crippen molar-refractivity contribution in [2.75, 3.05) is 13.6 Å². The van der Waals surface area contributed by atoms with Gasteiger partial charge in [0.1, 0.15) is 17.8 Å². The number of hydrogen-bond donors (Lipinski definition) is 2. The Bertz CT molecular complexity index is 893. The average Bonchev–Trinajstić information content (AvgIpc) is 3.34. The van der Waals surface area contributed by atoms with E-state index in [1.807, 2.05) is 51.1 Å².